The monoisotopic (exact) mass is 380 g/mol. The number of rotatable bonds is 5. The Morgan fingerprint density at radius 2 is 1.93 bits per heavy atom. The summed E-state index contributed by atoms with van der Waals surface area (Å²) >= 11 is 1.51. The van der Waals surface area contributed by atoms with Gasteiger partial charge < -0.3 is 0 Å². The predicted octanol–water partition coefficient (Wildman–Crippen LogP) is 4.22. The van der Waals surface area contributed by atoms with Crippen LogP contribution in [-0.4, -0.2) is 19.2 Å². The Balaban J connectivity index is 1.88. The second-order valence-corrected chi connectivity index (χ2v) is 7.46. The summed E-state index contributed by atoms with van der Waals surface area (Å²) in [4.78, 5) is 12.8. The minimum Gasteiger partial charge on any atom is -0.272 e. The average Bonchev–Trinajstić information content (AvgIpc) is 3.09. The first-order valence-electron chi connectivity index (χ1n) is 8.50. The van der Waals surface area contributed by atoms with Crippen LogP contribution < -0.4 is 5.56 Å². The Morgan fingerprint density at radius 1 is 1.19 bits per heavy atom. The van der Waals surface area contributed by atoms with Crippen LogP contribution in [0.25, 0.3) is 16.7 Å². The number of hydrogen-bond acceptors (Lipinski definition) is 4. The largest absolute Gasteiger partial charge is 0.272 e. The van der Waals surface area contributed by atoms with Gasteiger partial charge in [0.25, 0.3) is 5.56 Å². The highest BCUT2D eigenvalue weighted by molar-refractivity contribution is 7.99. The maximum absolute atomic E-state index is 13.2. The molecule has 1 atom stereocenters. The molecule has 0 aliphatic carbocycles. The van der Waals surface area contributed by atoms with Gasteiger partial charge >= 0.3 is 0 Å². The number of halogens is 1. The van der Waals surface area contributed by atoms with Gasteiger partial charge in [0.1, 0.15) is 5.82 Å². The van der Waals surface area contributed by atoms with Gasteiger partial charge in [-0.2, -0.15) is 0 Å². The van der Waals surface area contributed by atoms with Crippen molar-refractivity contribution >= 4 is 28.4 Å². The molecule has 0 bridgehead atoms. The van der Waals surface area contributed by atoms with Crippen LogP contribution in [0.4, 0.5) is 4.39 Å². The van der Waals surface area contributed by atoms with E-state index in [1.165, 1.54) is 23.9 Å². The Bertz CT molecular complexity index is 1200. The molecule has 0 amide bonds. The Morgan fingerprint density at radius 3 is 2.67 bits per heavy atom. The lowest BCUT2D eigenvalue weighted by molar-refractivity contribution is 0.627. The molecule has 1 unspecified atom stereocenters. The summed E-state index contributed by atoms with van der Waals surface area (Å²) < 4.78 is 16.6. The summed E-state index contributed by atoms with van der Waals surface area (Å²) in [5.41, 5.74) is 1.63. The van der Waals surface area contributed by atoms with Gasteiger partial charge in [-0.1, -0.05) is 42.1 Å². The second kappa shape index (κ2) is 7.00. The Kier molecular flexibility index (Phi) is 4.53. The minimum absolute atomic E-state index is 0.0385. The predicted molar refractivity (Wildman–Crippen MR) is 106 cm³/mol. The molecule has 7 heteroatoms. The first kappa shape index (κ1) is 17.5. The lowest BCUT2D eigenvalue weighted by Crippen LogP contribution is -2.22. The number of nitrogens with zero attached hydrogens (tertiary/aromatic N) is 4. The second-order valence-electron chi connectivity index (χ2n) is 6.15. The summed E-state index contributed by atoms with van der Waals surface area (Å²) in [6.45, 7) is 6.11. The molecule has 0 aliphatic rings. The lowest BCUT2D eigenvalue weighted by Gasteiger charge is -2.12. The molecule has 4 rings (SSSR count). The summed E-state index contributed by atoms with van der Waals surface area (Å²) in [7, 11) is 0. The van der Waals surface area contributed by atoms with Crippen LogP contribution in [0.15, 0.2) is 71.1 Å². The molecule has 0 saturated heterocycles. The highest BCUT2D eigenvalue weighted by Crippen LogP contribution is 2.34. The molecule has 0 radical (unpaired) electrons. The molecule has 0 fully saturated rings. The van der Waals surface area contributed by atoms with Gasteiger partial charge in [0.2, 0.25) is 5.78 Å². The highest BCUT2D eigenvalue weighted by atomic mass is 32.2. The van der Waals surface area contributed by atoms with Crippen LogP contribution in [0.3, 0.4) is 0 Å². The van der Waals surface area contributed by atoms with E-state index in [0.717, 1.165) is 11.1 Å². The summed E-state index contributed by atoms with van der Waals surface area (Å²) in [6, 6.07) is 13.8. The van der Waals surface area contributed by atoms with Crippen molar-refractivity contribution in [2.45, 2.75) is 23.9 Å². The lowest BCUT2D eigenvalue weighted by atomic mass is 10.2. The molecule has 0 N–H and O–H groups in total. The molecule has 0 aliphatic heterocycles. The van der Waals surface area contributed by atoms with Crippen molar-refractivity contribution in [2.24, 2.45) is 0 Å². The molecule has 2 aromatic carbocycles. The van der Waals surface area contributed by atoms with E-state index in [1.807, 2.05) is 29.5 Å². The Hall–Kier alpha value is -2.93. The van der Waals surface area contributed by atoms with Gasteiger partial charge in [-0.05, 0) is 36.8 Å². The standard InChI is InChI=1S/C20H17FN4OS/c1-3-12-24-18(26)16-6-4-5-7-17(16)25-19(24)22-23-20(25)27-13(2)14-8-10-15(21)11-9-14/h3-11,13H,1,12H2,2H3. The van der Waals surface area contributed by atoms with Crippen molar-refractivity contribution in [3.8, 4) is 0 Å². The molecular weight excluding hydrogens is 363 g/mol. The minimum atomic E-state index is -0.261. The summed E-state index contributed by atoms with van der Waals surface area (Å²) in [5, 5.41) is 9.89. The van der Waals surface area contributed by atoms with E-state index < -0.39 is 0 Å². The number of benzene rings is 2. The SMILES string of the molecule is C=CCn1c(=O)c2ccccc2n2c(SC(C)c3ccc(F)cc3)nnc12. The van der Waals surface area contributed by atoms with Gasteiger partial charge in [-0.25, -0.2) is 4.39 Å². The van der Waals surface area contributed by atoms with E-state index in [2.05, 4.69) is 16.8 Å². The van der Waals surface area contributed by atoms with E-state index >= 15 is 0 Å². The number of para-hydroxylation sites is 1. The first-order chi connectivity index (χ1) is 13.1. The molecule has 2 heterocycles. The van der Waals surface area contributed by atoms with Gasteiger partial charge in [0.15, 0.2) is 5.16 Å². The average molecular weight is 380 g/mol. The third-order valence-electron chi connectivity index (χ3n) is 4.41. The molecule has 136 valence electrons. The van der Waals surface area contributed by atoms with Crippen LogP contribution in [0.1, 0.15) is 17.7 Å². The quantitative estimate of drug-likeness (QED) is 0.384. The molecule has 27 heavy (non-hydrogen) atoms. The third-order valence-corrected chi connectivity index (χ3v) is 5.51. The number of aromatic nitrogens is 4. The third kappa shape index (κ3) is 3.04. The molecule has 2 aromatic heterocycles. The normalized spacial score (nSPS) is 12.5. The zero-order valence-corrected chi connectivity index (χ0v) is 15.5. The van der Waals surface area contributed by atoms with Crippen LogP contribution in [-0.2, 0) is 6.54 Å². The molecule has 0 saturated carbocycles. The summed E-state index contributed by atoms with van der Waals surface area (Å²) in [5.74, 6) is 0.218. The van der Waals surface area contributed by atoms with E-state index in [-0.39, 0.29) is 16.6 Å². The topological polar surface area (TPSA) is 52.2 Å². The van der Waals surface area contributed by atoms with E-state index in [4.69, 9.17) is 0 Å². The molecule has 0 spiro atoms. The smallest absolute Gasteiger partial charge is 0.263 e. The zero-order chi connectivity index (χ0) is 19.0. The fraction of sp³-hybridized carbons (Fsp3) is 0.150. The van der Waals surface area contributed by atoms with Crippen molar-refractivity contribution in [1.29, 1.82) is 0 Å². The number of allylic oxidation sites excluding steroid dienone is 1. The van der Waals surface area contributed by atoms with Gasteiger partial charge in [0, 0.05) is 11.8 Å². The molecule has 5 nitrogen and oxygen atoms in total. The zero-order valence-electron chi connectivity index (χ0n) is 14.7. The van der Waals surface area contributed by atoms with Gasteiger partial charge in [0.05, 0.1) is 10.9 Å². The number of fused-ring (bicyclic) bond motifs is 3. The van der Waals surface area contributed by atoms with Crippen LogP contribution >= 0.6 is 11.8 Å². The first-order valence-corrected chi connectivity index (χ1v) is 9.38. The van der Waals surface area contributed by atoms with Crippen molar-refractivity contribution in [1.82, 2.24) is 19.2 Å². The van der Waals surface area contributed by atoms with Crippen molar-refractivity contribution in [3.05, 3.63) is 82.9 Å². The van der Waals surface area contributed by atoms with Gasteiger partial charge in [-0.15, -0.1) is 16.8 Å². The Labute approximate surface area is 159 Å². The molecule has 4 aromatic rings. The maximum Gasteiger partial charge on any atom is 0.263 e. The fourth-order valence-corrected chi connectivity index (χ4v) is 4.05. The fourth-order valence-electron chi connectivity index (χ4n) is 3.06. The van der Waals surface area contributed by atoms with Crippen molar-refractivity contribution < 1.29 is 4.39 Å². The van der Waals surface area contributed by atoms with Crippen LogP contribution in [0.2, 0.25) is 0 Å². The summed E-state index contributed by atoms with van der Waals surface area (Å²) in [6.07, 6.45) is 1.67. The van der Waals surface area contributed by atoms with Crippen LogP contribution in [0.5, 0.6) is 0 Å². The van der Waals surface area contributed by atoms with Crippen molar-refractivity contribution in [3.63, 3.8) is 0 Å². The highest BCUT2D eigenvalue weighted by Gasteiger charge is 2.18. The number of hydrogen-bond donors (Lipinski definition) is 0. The van der Waals surface area contributed by atoms with Gasteiger partial charge in [-0.3, -0.25) is 13.8 Å². The van der Waals surface area contributed by atoms with E-state index in [0.29, 0.717) is 22.9 Å². The number of thioether (sulfide) groups is 1. The van der Waals surface area contributed by atoms with Crippen LogP contribution in [0, 0.1) is 5.82 Å². The molecular formula is C20H17FN4OS. The maximum atomic E-state index is 13.2. The van der Waals surface area contributed by atoms with Crippen molar-refractivity contribution in [2.75, 3.05) is 0 Å². The van der Waals surface area contributed by atoms with E-state index in [9.17, 15) is 9.18 Å². The van der Waals surface area contributed by atoms with E-state index in [1.54, 1.807) is 28.8 Å².